The van der Waals surface area contributed by atoms with Crippen LogP contribution in [0, 0.1) is 11.3 Å². The van der Waals surface area contributed by atoms with Gasteiger partial charge in [0.15, 0.2) is 11.3 Å². The van der Waals surface area contributed by atoms with Crippen LogP contribution in [0.4, 0.5) is 11.4 Å². The van der Waals surface area contributed by atoms with Crippen molar-refractivity contribution in [1.29, 1.82) is 5.26 Å². The first kappa shape index (κ1) is 23.8. The van der Waals surface area contributed by atoms with E-state index in [1.54, 1.807) is 24.5 Å². The predicted octanol–water partition coefficient (Wildman–Crippen LogP) is 7.78. The van der Waals surface area contributed by atoms with E-state index in [1.807, 2.05) is 18.2 Å². The molecule has 4 aromatic rings. The Labute approximate surface area is 212 Å². The monoisotopic (exact) mass is 494 g/mol. The van der Waals surface area contributed by atoms with Crippen LogP contribution in [0.15, 0.2) is 70.5 Å². The van der Waals surface area contributed by atoms with Crippen LogP contribution in [0.1, 0.15) is 43.9 Å². The van der Waals surface area contributed by atoms with E-state index in [2.05, 4.69) is 73.6 Å². The SMILES string of the molecule is CC(C)(C)[Si](C)(C)ON=C1CCc2cc(Nc3c(-c4ccc(C#N)cc4)oc4cnccc34)ccc21. The van der Waals surface area contributed by atoms with Gasteiger partial charge in [-0.15, -0.1) is 5.16 Å². The minimum atomic E-state index is -1.95. The summed E-state index contributed by atoms with van der Waals surface area (Å²) >= 11 is 0. The summed E-state index contributed by atoms with van der Waals surface area (Å²) in [5, 5.41) is 18.4. The van der Waals surface area contributed by atoms with Crippen molar-refractivity contribution in [2.24, 2.45) is 5.16 Å². The van der Waals surface area contributed by atoms with Crippen molar-refractivity contribution in [3.63, 3.8) is 0 Å². The molecule has 1 aliphatic rings. The first-order chi connectivity index (χ1) is 17.2. The minimum Gasteiger partial charge on any atom is -0.455 e. The number of nitriles is 1. The lowest BCUT2D eigenvalue weighted by Crippen LogP contribution is -2.39. The van der Waals surface area contributed by atoms with Gasteiger partial charge in [-0.25, -0.2) is 0 Å². The molecule has 0 amide bonds. The smallest absolute Gasteiger partial charge is 0.286 e. The van der Waals surface area contributed by atoms with Crippen LogP contribution in [0.25, 0.3) is 22.3 Å². The van der Waals surface area contributed by atoms with E-state index in [4.69, 9.17) is 14.2 Å². The highest BCUT2D eigenvalue weighted by Crippen LogP contribution is 2.40. The van der Waals surface area contributed by atoms with E-state index in [-0.39, 0.29) is 5.04 Å². The fraction of sp³-hybridized carbons (Fsp3) is 0.276. The van der Waals surface area contributed by atoms with E-state index < -0.39 is 8.32 Å². The fourth-order valence-electron chi connectivity index (χ4n) is 4.07. The molecular weight excluding hydrogens is 464 g/mol. The number of nitrogens with zero attached hydrogens (tertiary/aromatic N) is 3. The van der Waals surface area contributed by atoms with E-state index in [1.165, 1.54) is 5.56 Å². The number of rotatable bonds is 5. The van der Waals surface area contributed by atoms with Gasteiger partial charge >= 0.3 is 0 Å². The third-order valence-corrected chi connectivity index (χ3v) is 11.4. The number of benzene rings is 2. The highest BCUT2D eigenvalue weighted by molar-refractivity contribution is 6.74. The van der Waals surface area contributed by atoms with Crippen LogP contribution in [0.2, 0.25) is 18.1 Å². The van der Waals surface area contributed by atoms with Crippen molar-refractivity contribution >= 4 is 36.4 Å². The molecule has 36 heavy (non-hydrogen) atoms. The molecule has 182 valence electrons. The number of aromatic nitrogens is 1. The second-order valence-electron chi connectivity index (χ2n) is 10.8. The Bertz CT molecular complexity index is 1510. The summed E-state index contributed by atoms with van der Waals surface area (Å²) in [6, 6.07) is 17.9. The highest BCUT2D eigenvalue weighted by Gasteiger charge is 2.40. The lowest BCUT2D eigenvalue weighted by atomic mass is 10.1. The molecular formula is C29H30N4O2Si. The zero-order chi connectivity index (χ0) is 25.5. The third-order valence-electron chi connectivity index (χ3n) is 7.28. The van der Waals surface area contributed by atoms with Gasteiger partial charge in [-0.1, -0.05) is 26.8 Å². The fourth-order valence-corrected chi connectivity index (χ4v) is 4.68. The molecule has 6 nitrogen and oxygen atoms in total. The number of pyridine rings is 1. The molecule has 0 spiro atoms. The predicted molar refractivity (Wildman–Crippen MR) is 147 cm³/mol. The molecule has 2 heterocycles. The van der Waals surface area contributed by atoms with Crippen LogP contribution in [0.5, 0.6) is 0 Å². The summed E-state index contributed by atoms with van der Waals surface area (Å²) in [6.45, 7) is 11.1. The van der Waals surface area contributed by atoms with E-state index in [0.29, 0.717) is 16.9 Å². The largest absolute Gasteiger partial charge is 0.455 e. The molecule has 0 saturated heterocycles. The van der Waals surface area contributed by atoms with Crippen molar-refractivity contribution in [3.05, 3.63) is 77.6 Å². The van der Waals surface area contributed by atoms with Gasteiger partial charge in [-0.2, -0.15) is 5.26 Å². The number of oxime groups is 1. The average Bonchev–Trinajstić information content (AvgIpc) is 3.43. The Hall–Kier alpha value is -3.89. The first-order valence-corrected chi connectivity index (χ1v) is 15.1. The third kappa shape index (κ3) is 4.40. The minimum absolute atomic E-state index is 0.113. The molecule has 5 rings (SSSR count). The molecule has 1 N–H and O–H groups in total. The Morgan fingerprint density at radius 1 is 1.08 bits per heavy atom. The van der Waals surface area contributed by atoms with Gasteiger partial charge < -0.3 is 14.3 Å². The quantitative estimate of drug-likeness (QED) is 0.226. The van der Waals surface area contributed by atoms with Gasteiger partial charge in [0.05, 0.1) is 29.2 Å². The molecule has 2 aromatic heterocycles. The molecule has 0 bridgehead atoms. The van der Waals surface area contributed by atoms with Gasteiger partial charge in [0.2, 0.25) is 0 Å². The summed E-state index contributed by atoms with van der Waals surface area (Å²) in [5.74, 6) is 0.716. The average molecular weight is 495 g/mol. The highest BCUT2D eigenvalue weighted by atomic mass is 28.4. The Morgan fingerprint density at radius 2 is 1.86 bits per heavy atom. The molecule has 0 atom stereocenters. The zero-order valence-corrected chi connectivity index (χ0v) is 22.3. The van der Waals surface area contributed by atoms with E-state index in [0.717, 1.165) is 46.4 Å². The maximum Gasteiger partial charge on any atom is 0.286 e. The van der Waals surface area contributed by atoms with Crippen molar-refractivity contribution in [2.45, 2.75) is 51.7 Å². The van der Waals surface area contributed by atoms with Gasteiger partial charge in [0.25, 0.3) is 8.32 Å². The summed E-state index contributed by atoms with van der Waals surface area (Å²) in [7, 11) is -1.95. The number of nitrogens with one attached hydrogen (secondary N) is 1. The van der Waals surface area contributed by atoms with Crippen molar-refractivity contribution in [2.75, 3.05) is 5.32 Å². The van der Waals surface area contributed by atoms with E-state index >= 15 is 0 Å². The van der Waals surface area contributed by atoms with Crippen LogP contribution in [-0.4, -0.2) is 19.0 Å². The second-order valence-corrected chi connectivity index (χ2v) is 15.5. The first-order valence-electron chi connectivity index (χ1n) is 12.2. The summed E-state index contributed by atoms with van der Waals surface area (Å²) in [4.78, 5) is 4.21. The van der Waals surface area contributed by atoms with E-state index in [9.17, 15) is 0 Å². The summed E-state index contributed by atoms with van der Waals surface area (Å²) in [5.41, 5.74) is 7.52. The van der Waals surface area contributed by atoms with Crippen molar-refractivity contribution in [1.82, 2.24) is 4.98 Å². The van der Waals surface area contributed by atoms with Gasteiger partial charge in [-0.3, -0.25) is 4.98 Å². The molecule has 0 fully saturated rings. The molecule has 0 unspecified atom stereocenters. The number of anilines is 2. The van der Waals surface area contributed by atoms with Crippen molar-refractivity contribution in [3.8, 4) is 17.4 Å². The number of furan rings is 1. The Morgan fingerprint density at radius 3 is 2.58 bits per heavy atom. The maximum absolute atomic E-state index is 9.16. The molecule has 1 aliphatic carbocycles. The lowest BCUT2D eigenvalue weighted by Gasteiger charge is -2.33. The molecule has 0 saturated carbocycles. The summed E-state index contributed by atoms with van der Waals surface area (Å²) in [6.07, 6.45) is 5.30. The zero-order valence-electron chi connectivity index (χ0n) is 21.3. The standard InChI is InChI=1S/C29H30N4O2Si/c1-29(2,3)36(4,5)35-33-25-13-10-21-16-22(11-12-23(21)25)32-27-24-14-15-31-18-26(24)34-28(27)20-8-6-19(17-30)7-9-20/h6-9,11-12,14-16,18,32H,10,13H2,1-5H3. The van der Waals surface area contributed by atoms with Crippen LogP contribution in [-0.2, 0) is 10.9 Å². The number of hydrogen-bond acceptors (Lipinski definition) is 6. The number of aryl methyl sites for hydroxylation is 1. The molecule has 7 heteroatoms. The normalized spacial score (nSPS) is 14.6. The number of hydrogen-bond donors (Lipinski definition) is 1. The van der Waals surface area contributed by atoms with Gasteiger partial charge in [0, 0.05) is 28.4 Å². The topological polar surface area (TPSA) is 83.4 Å². The molecule has 0 aliphatic heterocycles. The van der Waals surface area contributed by atoms with Crippen LogP contribution >= 0.6 is 0 Å². The summed E-state index contributed by atoms with van der Waals surface area (Å²) < 4.78 is 12.3. The Balaban J connectivity index is 1.46. The van der Waals surface area contributed by atoms with Crippen LogP contribution < -0.4 is 5.32 Å². The van der Waals surface area contributed by atoms with Crippen LogP contribution in [0.3, 0.4) is 0 Å². The van der Waals surface area contributed by atoms with Gasteiger partial charge in [0.1, 0.15) is 0 Å². The number of fused-ring (bicyclic) bond motifs is 2. The second kappa shape index (κ2) is 8.96. The van der Waals surface area contributed by atoms with Gasteiger partial charge in [-0.05, 0) is 79.0 Å². The Kier molecular flexibility index (Phi) is 5.93. The van der Waals surface area contributed by atoms with Crippen molar-refractivity contribution < 1.29 is 8.94 Å². The molecule has 2 aromatic carbocycles. The maximum atomic E-state index is 9.16. The molecule has 0 radical (unpaired) electrons. The lowest BCUT2D eigenvalue weighted by molar-refractivity contribution is 0.307.